The number of rotatable bonds is 5. The zero-order valence-electron chi connectivity index (χ0n) is 11.2. The second kappa shape index (κ2) is 7.10. The van der Waals surface area contributed by atoms with Gasteiger partial charge in [-0.15, -0.1) is 0 Å². The van der Waals surface area contributed by atoms with E-state index < -0.39 is 0 Å². The summed E-state index contributed by atoms with van der Waals surface area (Å²) < 4.78 is 5.05. The molecular formula is C16H21NO2. The number of nitrogens with one attached hydrogen (secondary N) is 1. The molecule has 1 aliphatic heterocycles. The minimum atomic E-state index is -0.376. The SMILES string of the molecule is C=CC(=O)OCc1cccc(CC2CCCCN2)c1. The fourth-order valence-electron chi connectivity index (χ4n) is 2.44. The number of benzene rings is 1. The van der Waals surface area contributed by atoms with Gasteiger partial charge in [-0.05, 0) is 36.9 Å². The Bertz CT molecular complexity index is 436. The van der Waals surface area contributed by atoms with Gasteiger partial charge in [0.25, 0.3) is 0 Å². The smallest absolute Gasteiger partial charge is 0.330 e. The van der Waals surface area contributed by atoms with Gasteiger partial charge in [-0.2, -0.15) is 0 Å². The molecule has 19 heavy (non-hydrogen) atoms. The molecule has 3 nitrogen and oxygen atoms in total. The number of ether oxygens (including phenoxy) is 1. The first kappa shape index (κ1) is 13.8. The van der Waals surface area contributed by atoms with Crippen molar-refractivity contribution in [3.05, 3.63) is 48.0 Å². The van der Waals surface area contributed by atoms with Crippen molar-refractivity contribution in [1.82, 2.24) is 5.32 Å². The molecule has 1 N–H and O–H groups in total. The fraction of sp³-hybridized carbons (Fsp3) is 0.438. The van der Waals surface area contributed by atoms with Crippen LogP contribution < -0.4 is 5.32 Å². The molecule has 0 aromatic heterocycles. The molecule has 1 aromatic rings. The average molecular weight is 259 g/mol. The van der Waals surface area contributed by atoms with Crippen molar-refractivity contribution in [3.63, 3.8) is 0 Å². The summed E-state index contributed by atoms with van der Waals surface area (Å²) in [6, 6.07) is 8.84. The highest BCUT2D eigenvalue weighted by Crippen LogP contribution is 2.14. The van der Waals surface area contributed by atoms with Crippen LogP contribution in [0, 0.1) is 0 Å². The second-order valence-electron chi connectivity index (χ2n) is 4.98. The number of carbonyl (C=O) groups is 1. The summed E-state index contributed by atoms with van der Waals surface area (Å²) in [6.07, 6.45) is 6.08. The maximum absolute atomic E-state index is 11.0. The molecule has 1 fully saturated rings. The lowest BCUT2D eigenvalue weighted by atomic mass is 9.97. The molecule has 0 amide bonds. The van der Waals surface area contributed by atoms with Crippen LogP contribution in [-0.4, -0.2) is 18.6 Å². The van der Waals surface area contributed by atoms with Crippen LogP contribution in [0.25, 0.3) is 0 Å². The van der Waals surface area contributed by atoms with Gasteiger partial charge < -0.3 is 10.1 Å². The first-order valence-electron chi connectivity index (χ1n) is 6.88. The number of carbonyl (C=O) groups excluding carboxylic acids is 1. The lowest BCUT2D eigenvalue weighted by Crippen LogP contribution is -2.35. The minimum Gasteiger partial charge on any atom is -0.458 e. The first-order chi connectivity index (χ1) is 9.28. The van der Waals surface area contributed by atoms with E-state index in [0.717, 1.165) is 18.5 Å². The first-order valence-corrected chi connectivity index (χ1v) is 6.88. The molecule has 1 aromatic carbocycles. The summed E-state index contributed by atoms with van der Waals surface area (Å²) in [6.45, 7) is 4.83. The number of hydrogen-bond acceptors (Lipinski definition) is 3. The van der Waals surface area contributed by atoms with E-state index in [2.05, 4.69) is 24.0 Å². The Balaban J connectivity index is 1.90. The summed E-state index contributed by atoms with van der Waals surface area (Å²) in [5.74, 6) is -0.376. The molecular weight excluding hydrogens is 238 g/mol. The molecule has 1 unspecified atom stereocenters. The van der Waals surface area contributed by atoms with E-state index in [4.69, 9.17) is 4.74 Å². The monoisotopic (exact) mass is 259 g/mol. The maximum Gasteiger partial charge on any atom is 0.330 e. The molecule has 1 heterocycles. The predicted molar refractivity (Wildman–Crippen MR) is 75.8 cm³/mol. The Kier molecular flexibility index (Phi) is 5.16. The molecule has 0 saturated carbocycles. The summed E-state index contributed by atoms with van der Waals surface area (Å²) >= 11 is 0. The van der Waals surface area contributed by atoms with Gasteiger partial charge in [-0.25, -0.2) is 4.79 Å². The van der Waals surface area contributed by atoms with Crippen LogP contribution in [0.3, 0.4) is 0 Å². The molecule has 1 atom stereocenters. The Morgan fingerprint density at radius 2 is 2.26 bits per heavy atom. The molecule has 0 bridgehead atoms. The van der Waals surface area contributed by atoms with Gasteiger partial charge in [0.1, 0.15) is 6.61 Å². The van der Waals surface area contributed by atoms with Crippen molar-refractivity contribution in [1.29, 1.82) is 0 Å². The minimum absolute atomic E-state index is 0.316. The summed E-state index contributed by atoms with van der Waals surface area (Å²) in [4.78, 5) is 11.0. The summed E-state index contributed by atoms with van der Waals surface area (Å²) in [7, 11) is 0. The zero-order chi connectivity index (χ0) is 13.5. The zero-order valence-corrected chi connectivity index (χ0v) is 11.2. The maximum atomic E-state index is 11.0. The number of esters is 1. The van der Waals surface area contributed by atoms with Gasteiger partial charge in [0.15, 0.2) is 0 Å². The van der Waals surface area contributed by atoms with Crippen molar-refractivity contribution >= 4 is 5.97 Å². The van der Waals surface area contributed by atoms with E-state index in [1.54, 1.807) is 0 Å². The fourth-order valence-corrected chi connectivity index (χ4v) is 2.44. The molecule has 0 spiro atoms. The Labute approximate surface area is 114 Å². The van der Waals surface area contributed by atoms with Crippen molar-refractivity contribution in [3.8, 4) is 0 Å². The van der Waals surface area contributed by atoms with Crippen molar-refractivity contribution in [2.24, 2.45) is 0 Å². The molecule has 2 rings (SSSR count). The van der Waals surface area contributed by atoms with Crippen LogP contribution in [-0.2, 0) is 22.6 Å². The Morgan fingerprint density at radius 1 is 1.42 bits per heavy atom. The van der Waals surface area contributed by atoms with E-state index >= 15 is 0 Å². The highest BCUT2D eigenvalue weighted by Gasteiger charge is 2.13. The van der Waals surface area contributed by atoms with Gasteiger partial charge in [0.2, 0.25) is 0 Å². The van der Waals surface area contributed by atoms with Gasteiger partial charge in [-0.3, -0.25) is 0 Å². The summed E-state index contributed by atoms with van der Waals surface area (Å²) in [5, 5.41) is 3.55. The highest BCUT2D eigenvalue weighted by atomic mass is 16.5. The molecule has 1 aliphatic rings. The third-order valence-corrected chi connectivity index (χ3v) is 3.43. The van der Waals surface area contributed by atoms with Crippen LogP contribution >= 0.6 is 0 Å². The van der Waals surface area contributed by atoms with Crippen molar-refractivity contribution < 1.29 is 9.53 Å². The third kappa shape index (κ3) is 4.52. The molecule has 102 valence electrons. The van der Waals surface area contributed by atoms with Crippen molar-refractivity contribution in [2.45, 2.75) is 38.3 Å². The third-order valence-electron chi connectivity index (χ3n) is 3.43. The summed E-state index contributed by atoms with van der Waals surface area (Å²) in [5.41, 5.74) is 2.33. The topological polar surface area (TPSA) is 38.3 Å². The van der Waals surface area contributed by atoms with Crippen LogP contribution in [0.2, 0.25) is 0 Å². The number of hydrogen-bond donors (Lipinski definition) is 1. The standard InChI is InChI=1S/C16H21NO2/c1-2-16(18)19-12-14-7-5-6-13(10-14)11-15-8-3-4-9-17-15/h2,5-7,10,15,17H,1,3-4,8-9,11-12H2. The van der Waals surface area contributed by atoms with Gasteiger partial charge >= 0.3 is 5.97 Å². The average Bonchev–Trinajstić information content (AvgIpc) is 2.46. The van der Waals surface area contributed by atoms with Crippen molar-refractivity contribution in [2.75, 3.05) is 6.54 Å². The van der Waals surface area contributed by atoms with Crippen LogP contribution in [0.1, 0.15) is 30.4 Å². The number of piperidine rings is 1. The molecule has 0 radical (unpaired) electrons. The second-order valence-corrected chi connectivity index (χ2v) is 4.98. The van der Waals surface area contributed by atoms with E-state index in [0.29, 0.717) is 12.6 Å². The van der Waals surface area contributed by atoms with E-state index in [-0.39, 0.29) is 5.97 Å². The molecule has 3 heteroatoms. The lowest BCUT2D eigenvalue weighted by Gasteiger charge is -2.23. The normalized spacial score (nSPS) is 18.8. The highest BCUT2D eigenvalue weighted by molar-refractivity contribution is 5.81. The Hall–Kier alpha value is -1.61. The molecule has 0 aliphatic carbocycles. The van der Waals surface area contributed by atoms with Gasteiger partial charge in [0.05, 0.1) is 0 Å². The van der Waals surface area contributed by atoms with Crippen LogP contribution in [0.5, 0.6) is 0 Å². The Morgan fingerprint density at radius 3 is 3.00 bits per heavy atom. The van der Waals surface area contributed by atoms with E-state index in [9.17, 15) is 4.79 Å². The predicted octanol–water partition coefficient (Wildman–Crippen LogP) is 2.60. The largest absolute Gasteiger partial charge is 0.458 e. The van der Waals surface area contributed by atoms with Gasteiger partial charge in [-0.1, -0.05) is 37.3 Å². The molecule has 1 saturated heterocycles. The van der Waals surface area contributed by atoms with Crippen LogP contribution in [0.15, 0.2) is 36.9 Å². The van der Waals surface area contributed by atoms with Crippen LogP contribution in [0.4, 0.5) is 0 Å². The quantitative estimate of drug-likeness (QED) is 0.652. The van der Waals surface area contributed by atoms with E-state index in [1.807, 2.05) is 12.1 Å². The van der Waals surface area contributed by atoms with E-state index in [1.165, 1.54) is 30.9 Å². The lowest BCUT2D eigenvalue weighted by molar-refractivity contribution is -0.138. The van der Waals surface area contributed by atoms with Gasteiger partial charge in [0, 0.05) is 12.1 Å².